The van der Waals surface area contributed by atoms with Gasteiger partial charge in [0.25, 0.3) is 0 Å². The maximum absolute atomic E-state index is 9.53. The van der Waals surface area contributed by atoms with Crippen LogP contribution in [0.1, 0.15) is 11.3 Å². The van der Waals surface area contributed by atoms with E-state index in [2.05, 4.69) is 17.6 Å². The molecule has 1 unspecified atom stereocenters. The van der Waals surface area contributed by atoms with E-state index in [4.69, 9.17) is 5.11 Å². The molecule has 0 fully saturated rings. The van der Waals surface area contributed by atoms with Gasteiger partial charge in [-0.25, -0.2) is 0 Å². The van der Waals surface area contributed by atoms with Crippen molar-refractivity contribution in [1.82, 2.24) is 4.57 Å². The third kappa shape index (κ3) is 1.72. The lowest BCUT2D eigenvalue weighted by Gasteiger charge is -2.12. The van der Waals surface area contributed by atoms with E-state index < -0.39 is 6.10 Å². The van der Waals surface area contributed by atoms with Gasteiger partial charge in [0.2, 0.25) is 0 Å². The molecule has 0 radical (unpaired) electrons. The van der Waals surface area contributed by atoms with Crippen LogP contribution in [-0.4, -0.2) is 27.5 Å². The number of hydrogen-bond donors (Lipinski definition) is 2. The molecule has 3 nitrogen and oxygen atoms in total. The van der Waals surface area contributed by atoms with Crippen LogP contribution in [0.3, 0.4) is 0 Å². The van der Waals surface area contributed by atoms with Crippen LogP contribution < -0.4 is 0 Å². The number of fused-ring (bicyclic) bond motifs is 1. The molecule has 2 rings (SSSR count). The maximum Gasteiger partial charge on any atom is 0.0949 e. The predicted molar refractivity (Wildman–Crippen MR) is 64.5 cm³/mol. The van der Waals surface area contributed by atoms with Gasteiger partial charge in [-0.1, -0.05) is 18.2 Å². The van der Waals surface area contributed by atoms with Gasteiger partial charge in [0.05, 0.1) is 19.3 Å². The Bertz CT molecular complexity index is 502. The van der Waals surface area contributed by atoms with Crippen LogP contribution in [0.2, 0.25) is 0 Å². The van der Waals surface area contributed by atoms with E-state index in [1.807, 2.05) is 25.1 Å². The molecule has 1 aromatic carbocycles. The van der Waals surface area contributed by atoms with Gasteiger partial charge >= 0.3 is 0 Å². The first-order valence-corrected chi connectivity index (χ1v) is 5.48. The molecule has 2 aromatic rings. The number of hydrogen-bond acceptors (Lipinski definition) is 2. The summed E-state index contributed by atoms with van der Waals surface area (Å²) in [7, 11) is 0. The van der Waals surface area contributed by atoms with Crippen LogP contribution in [0.5, 0.6) is 0 Å². The maximum atomic E-state index is 9.53. The molecular formula is C13H17NO2. The van der Waals surface area contributed by atoms with Crippen molar-refractivity contribution >= 4 is 10.9 Å². The minimum atomic E-state index is -0.700. The highest BCUT2D eigenvalue weighted by Crippen LogP contribution is 2.24. The van der Waals surface area contributed by atoms with E-state index >= 15 is 0 Å². The zero-order chi connectivity index (χ0) is 11.7. The summed E-state index contributed by atoms with van der Waals surface area (Å²) in [5, 5.41) is 19.6. The second-order valence-electron chi connectivity index (χ2n) is 4.17. The summed E-state index contributed by atoms with van der Waals surface area (Å²) in [6, 6.07) is 8.13. The molecule has 0 saturated carbocycles. The Balaban J connectivity index is 2.55. The molecule has 86 valence electrons. The van der Waals surface area contributed by atoms with Gasteiger partial charge in [0.15, 0.2) is 0 Å². The number of aliphatic hydroxyl groups excluding tert-OH is 2. The van der Waals surface area contributed by atoms with Gasteiger partial charge in [-0.15, -0.1) is 0 Å². The summed E-state index contributed by atoms with van der Waals surface area (Å²) < 4.78 is 2.06. The topological polar surface area (TPSA) is 45.4 Å². The quantitative estimate of drug-likeness (QED) is 0.823. The number of benzene rings is 1. The van der Waals surface area contributed by atoms with Gasteiger partial charge < -0.3 is 14.8 Å². The zero-order valence-corrected chi connectivity index (χ0v) is 9.64. The Morgan fingerprint density at radius 3 is 2.62 bits per heavy atom. The third-order valence-electron chi connectivity index (χ3n) is 3.15. The predicted octanol–water partition coefficient (Wildman–Crippen LogP) is 1.61. The molecule has 1 atom stereocenters. The number of aromatic nitrogens is 1. The SMILES string of the molecule is Cc1c(C)n(CC(O)CO)c2ccccc12. The molecule has 0 aliphatic rings. The van der Waals surface area contributed by atoms with Crippen molar-refractivity contribution in [2.45, 2.75) is 26.5 Å². The number of para-hydroxylation sites is 1. The molecule has 1 aromatic heterocycles. The average molecular weight is 219 g/mol. The number of aryl methyl sites for hydroxylation is 1. The summed E-state index contributed by atoms with van der Waals surface area (Å²) >= 11 is 0. The van der Waals surface area contributed by atoms with E-state index in [-0.39, 0.29) is 6.61 Å². The van der Waals surface area contributed by atoms with Crippen LogP contribution >= 0.6 is 0 Å². The average Bonchev–Trinajstić information content (AvgIpc) is 2.55. The molecule has 2 N–H and O–H groups in total. The fraction of sp³-hybridized carbons (Fsp3) is 0.385. The van der Waals surface area contributed by atoms with Crippen molar-refractivity contribution < 1.29 is 10.2 Å². The highest BCUT2D eigenvalue weighted by atomic mass is 16.3. The minimum Gasteiger partial charge on any atom is -0.394 e. The molecule has 0 bridgehead atoms. The third-order valence-corrected chi connectivity index (χ3v) is 3.15. The largest absolute Gasteiger partial charge is 0.394 e. The van der Waals surface area contributed by atoms with Crippen molar-refractivity contribution in [3.05, 3.63) is 35.5 Å². The monoisotopic (exact) mass is 219 g/mol. The second-order valence-corrected chi connectivity index (χ2v) is 4.17. The Labute approximate surface area is 94.9 Å². The zero-order valence-electron chi connectivity index (χ0n) is 9.64. The van der Waals surface area contributed by atoms with Crippen molar-refractivity contribution in [2.75, 3.05) is 6.61 Å². The van der Waals surface area contributed by atoms with Crippen LogP contribution in [0, 0.1) is 13.8 Å². The van der Waals surface area contributed by atoms with Crippen molar-refractivity contribution in [1.29, 1.82) is 0 Å². The van der Waals surface area contributed by atoms with E-state index in [1.54, 1.807) is 0 Å². The Morgan fingerprint density at radius 1 is 1.25 bits per heavy atom. The molecule has 1 heterocycles. The Kier molecular flexibility index (Phi) is 2.99. The Hall–Kier alpha value is -1.32. The fourth-order valence-electron chi connectivity index (χ4n) is 2.11. The smallest absolute Gasteiger partial charge is 0.0949 e. The van der Waals surface area contributed by atoms with Crippen LogP contribution in [0.25, 0.3) is 10.9 Å². The molecule has 0 aliphatic carbocycles. The lowest BCUT2D eigenvalue weighted by Crippen LogP contribution is -2.20. The summed E-state index contributed by atoms with van der Waals surface area (Å²) in [6.45, 7) is 4.36. The first-order chi connectivity index (χ1) is 7.65. The number of rotatable bonds is 3. The summed E-state index contributed by atoms with van der Waals surface area (Å²) in [5.74, 6) is 0. The van der Waals surface area contributed by atoms with E-state index in [0.717, 1.165) is 11.2 Å². The van der Waals surface area contributed by atoms with E-state index in [9.17, 15) is 5.11 Å². The lowest BCUT2D eigenvalue weighted by atomic mass is 10.2. The van der Waals surface area contributed by atoms with Gasteiger partial charge in [-0.3, -0.25) is 0 Å². The molecule has 0 saturated heterocycles. The molecule has 0 spiro atoms. The van der Waals surface area contributed by atoms with E-state index in [0.29, 0.717) is 6.54 Å². The van der Waals surface area contributed by atoms with Gasteiger partial charge in [0, 0.05) is 16.6 Å². The highest BCUT2D eigenvalue weighted by molar-refractivity contribution is 5.85. The molecule has 16 heavy (non-hydrogen) atoms. The summed E-state index contributed by atoms with van der Waals surface area (Å²) in [4.78, 5) is 0. The first-order valence-electron chi connectivity index (χ1n) is 5.48. The number of nitrogens with zero attached hydrogens (tertiary/aromatic N) is 1. The minimum absolute atomic E-state index is 0.203. The molecular weight excluding hydrogens is 202 g/mol. The lowest BCUT2D eigenvalue weighted by molar-refractivity contribution is 0.0818. The normalized spacial score (nSPS) is 13.2. The number of aliphatic hydroxyl groups is 2. The van der Waals surface area contributed by atoms with Crippen LogP contribution in [0.15, 0.2) is 24.3 Å². The summed E-state index contributed by atoms with van der Waals surface area (Å²) in [6.07, 6.45) is -0.700. The van der Waals surface area contributed by atoms with E-state index in [1.165, 1.54) is 10.9 Å². The van der Waals surface area contributed by atoms with Crippen molar-refractivity contribution in [3.63, 3.8) is 0 Å². The molecule has 0 amide bonds. The molecule has 0 aliphatic heterocycles. The molecule has 3 heteroatoms. The standard InChI is InChI=1S/C13H17NO2/c1-9-10(2)14(7-11(16)8-15)13-6-4-3-5-12(9)13/h3-6,11,15-16H,7-8H2,1-2H3. The highest BCUT2D eigenvalue weighted by Gasteiger charge is 2.12. The Morgan fingerprint density at radius 2 is 1.94 bits per heavy atom. The van der Waals surface area contributed by atoms with Gasteiger partial charge in [-0.2, -0.15) is 0 Å². The summed E-state index contributed by atoms with van der Waals surface area (Å²) in [5.41, 5.74) is 3.50. The van der Waals surface area contributed by atoms with Crippen LogP contribution in [-0.2, 0) is 6.54 Å². The van der Waals surface area contributed by atoms with Crippen molar-refractivity contribution in [3.8, 4) is 0 Å². The van der Waals surface area contributed by atoms with Gasteiger partial charge in [0.1, 0.15) is 0 Å². The second kappa shape index (κ2) is 4.28. The van der Waals surface area contributed by atoms with Crippen LogP contribution in [0.4, 0.5) is 0 Å². The first kappa shape index (κ1) is 11.2. The fourth-order valence-corrected chi connectivity index (χ4v) is 2.11. The van der Waals surface area contributed by atoms with Crippen molar-refractivity contribution in [2.24, 2.45) is 0 Å². The van der Waals surface area contributed by atoms with Gasteiger partial charge in [-0.05, 0) is 25.5 Å².